The molecule has 0 aliphatic carbocycles. The number of likely N-dealkylation sites (tertiary alicyclic amines) is 1. The Balaban J connectivity index is 1.50. The van der Waals surface area contributed by atoms with Gasteiger partial charge in [-0.15, -0.1) is 11.8 Å². The first kappa shape index (κ1) is 21.9. The first-order valence-corrected chi connectivity index (χ1v) is 12.1. The van der Waals surface area contributed by atoms with Crippen LogP contribution in [-0.4, -0.2) is 51.9 Å². The topological polar surface area (TPSA) is 40.6 Å². The number of amides is 2. The number of nitrogens with zero attached hydrogens (tertiary/aromatic N) is 2. The normalized spacial score (nSPS) is 18.7. The number of hydrogen-bond acceptors (Lipinski definition) is 3. The first-order chi connectivity index (χ1) is 14.1. The molecular formula is C24H34N2O2S. The number of unbranched alkanes of at least 4 members (excludes halogenated alkanes) is 4. The molecule has 1 aromatic carbocycles. The van der Waals surface area contributed by atoms with Crippen molar-refractivity contribution in [1.82, 2.24) is 9.80 Å². The van der Waals surface area contributed by atoms with E-state index in [2.05, 4.69) is 6.92 Å². The summed E-state index contributed by atoms with van der Waals surface area (Å²) in [6.07, 6.45) is 11.9. The third kappa shape index (κ3) is 5.88. The van der Waals surface area contributed by atoms with E-state index in [1.54, 1.807) is 6.08 Å². The van der Waals surface area contributed by atoms with Crippen LogP contribution < -0.4 is 0 Å². The average molecular weight is 415 g/mol. The van der Waals surface area contributed by atoms with E-state index < -0.39 is 0 Å². The standard InChI is InChI=1S/C24H34N2O2S/c1-2-3-4-5-9-12-22(27)25-17-15-24(16-18-25)26(19-20-29-24)23(28)14-13-21-10-7-6-8-11-21/h6-8,10-11,13-14H,2-5,9,12,15-20H2,1H3. The van der Waals surface area contributed by atoms with Crippen LogP contribution in [0, 0.1) is 0 Å². The van der Waals surface area contributed by atoms with Crippen LogP contribution in [-0.2, 0) is 9.59 Å². The minimum Gasteiger partial charge on any atom is -0.342 e. The molecule has 4 nitrogen and oxygen atoms in total. The van der Waals surface area contributed by atoms with Crippen LogP contribution in [0.1, 0.15) is 63.9 Å². The number of carbonyl (C=O) groups is 2. The molecule has 1 aromatic rings. The molecular weight excluding hydrogens is 380 g/mol. The van der Waals surface area contributed by atoms with Gasteiger partial charge in [0.05, 0.1) is 4.87 Å². The highest BCUT2D eigenvalue weighted by atomic mass is 32.2. The second-order valence-corrected chi connectivity index (χ2v) is 9.53. The quantitative estimate of drug-likeness (QED) is 0.446. The summed E-state index contributed by atoms with van der Waals surface area (Å²) in [5, 5.41) is 0. The van der Waals surface area contributed by atoms with Crippen molar-refractivity contribution in [2.45, 2.75) is 63.2 Å². The van der Waals surface area contributed by atoms with Crippen molar-refractivity contribution in [1.29, 1.82) is 0 Å². The highest BCUT2D eigenvalue weighted by Gasteiger charge is 2.46. The van der Waals surface area contributed by atoms with E-state index in [1.165, 1.54) is 19.3 Å². The molecule has 158 valence electrons. The Bertz CT molecular complexity index is 696. The van der Waals surface area contributed by atoms with Crippen LogP contribution in [0.2, 0.25) is 0 Å². The summed E-state index contributed by atoms with van der Waals surface area (Å²) in [6.45, 7) is 4.55. The van der Waals surface area contributed by atoms with Gasteiger partial charge in [0.25, 0.3) is 0 Å². The number of thioether (sulfide) groups is 1. The van der Waals surface area contributed by atoms with Gasteiger partial charge >= 0.3 is 0 Å². The van der Waals surface area contributed by atoms with Gasteiger partial charge in [0.1, 0.15) is 0 Å². The van der Waals surface area contributed by atoms with E-state index in [1.807, 2.05) is 58.0 Å². The average Bonchev–Trinajstić information content (AvgIpc) is 3.16. The fraction of sp³-hybridized carbons (Fsp3) is 0.583. The SMILES string of the molecule is CCCCCCCC(=O)N1CCC2(CC1)SCCN2C(=O)C=Cc1ccccc1. The van der Waals surface area contributed by atoms with Crippen molar-refractivity contribution in [3.8, 4) is 0 Å². The fourth-order valence-corrected chi connectivity index (χ4v) is 5.76. The molecule has 0 radical (unpaired) electrons. The molecule has 2 saturated heterocycles. The van der Waals surface area contributed by atoms with Gasteiger partial charge in [0, 0.05) is 37.9 Å². The molecule has 2 fully saturated rings. The molecule has 0 bridgehead atoms. The van der Waals surface area contributed by atoms with E-state index in [4.69, 9.17) is 0 Å². The van der Waals surface area contributed by atoms with Crippen LogP contribution in [0.4, 0.5) is 0 Å². The van der Waals surface area contributed by atoms with Crippen molar-refractivity contribution >= 4 is 29.7 Å². The number of piperidine rings is 1. The van der Waals surface area contributed by atoms with Gasteiger partial charge in [0.2, 0.25) is 11.8 Å². The molecule has 2 amide bonds. The summed E-state index contributed by atoms with van der Waals surface area (Å²) < 4.78 is 0. The summed E-state index contributed by atoms with van der Waals surface area (Å²) in [5.74, 6) is 1.37. The molecule has 5 heteroatoms. The molecule has 3 rings (SSSR count). The van der Waals surface area contributed by atoms with Crippen LogP contribution in [0.5, 0.6) is 0 Å². The third-order valence-electron chi connectivity index (χ3n) is 6.05. The Labute approximate surface area is 179 Å². The lowest BCUT2D eigenvalue weighted by molar-refractivity contribution is -0.134. The maximum atomic E-state index is 12.9. The number of benzene rings is 1. The van der Waals surface area contributed by atoms with Crippen molar-refractivity contribution in [2.24, 2.45) is 0 Å². The maximum Gasteiger partial charge on any atom is 0.247 e. The zero-order chi connectivity index (χ0) is 20.5. The van der Waals surface area contributed by atoms with Gasteiger partial charge in [-0.05, 0) is 30.9 Å². The van der Waals surface area contributed by atoms with Gasteiger partial charge in [-0.3, -0.25) is 9.59 Å². The van der Waals surface area contributed by atoms with Gasteiger partial charge < -0.3 is 9.80 Å². The highest BCUT2D eigenvalue weighted by molar-refractivity contribution is 8.00. The largest absolute Gasteiger partial charge is 0.342 e. The molecule has 1 spiro atoms. The molecule has 2 aliphatic rings. The van der Waals surface area contributed by atoms with Crippen molar-refractivity contribution < 1.29 is 9.59 Å². The Kier molecular flexibility index (Phi) is 8.22. The summed E-state index contributed by atoms with van der Waals surface area (Å²) in [7, 11) is 0. The second-order valence-electron chi connectivity index (χ2n) is 8.07. The van der Waals surface area contributed by atoms with Crippen LogP contribution in [0.15, 0.2) is 36.4 Å². The summed E-state index contributed by atoms with van der Waals surface area (Å²) >= 11 is 1.90. The maximum absolute atomic E-state index is 12.9. The lowest BCUT2D eigenvalue weighted by Gasteiger charge is -2.43. The summed E-state index contributed by atoms with van der Waals surface area (Å²) in [6, 6.07) is 9.95. The Hall–Kier alpha value is -1.75. The van der Waals surface area contributed by atoms with Gasteiger partial charge in [-0.2, -0.15) is 0 Å². The van der Waals surface area contributed by atoms with Crippen molar-refractivity contribution in [3.63, 3.8) is 0 Å². The lowest BCUT2D eigenvalue weighted by Crippen LogP contribution is -2.53. The van der Waals surface area contributed by atoms with E-state index in [0.717, 1.165) is 56.6 Å². The van der Waals surface area contributed by atoms with E-state index in [-0.39, 0.29) is 10.8 Å². The molecule has 2 heterocycles. The molecule has 0 atom stereocenters. The first-order valence-electron chi connectivity index (χ1n) is 11.1. The smallest absolute Gasteiger partial charge is 0.247 e. The molecule has 2 aliphatic heterocycles. The lowest BCUT2D eigenvalue weighted by atomic mass is 10.0. The van der Waals surface area contributed by atoms with E-state index >= 15 is 0 Å². The zero-order valence-corrected chi connectivity index (χ0v) is 18.5. The minimum absolute atomic E-state index is 0.0922. The Morgan fingerprint density at radius 3 is 2.48 bits per heavy atom. The molecule has 29 heavy (non-hydrogen) atoms. The van der Waals surface area contributed by atoms with Crippen LogP contribution in [0.3, 0.4) is 0 Å². The molecule has 0 N–H and O–H groups in total. The number of hydrogen-bond donors (Lipinski definition) is 0. The monoisotopic (exact) mass is 414 g/mol. The fourth-order valence-electron chi connectivity index (χ4n) is 4.30. The predicted molar refractivity (Wildman–Crippen MR) is 122 cm³/mol. The highest BCUT2D eigenvalue weighted by Crippen LogP contribution is 2.44. The minimum atomic E-state index is -0.129. The van der Waals surface area contributed by atoms with Gasteiger partial charge in [0.15, 0.2) is 0 Å². The summed E-state index contributed by atoms with van der Waals surface area (Å²) in [4.78, 5) is 29.4. The zero-order valence-electron chi connectivity index (χ0n) is 17.6. The summed E-state index contributed by atoms with van der Waals surface area (Å²) in [5.41, 5.74) is 1.04. The van der Waals surface area contributed by atoms with Crippen LogP contribution >= 0.6 is 11.8 Å². The van der Waals surface area contributed by atoms with Gasteiger partial charge in [-0.25, -0.2) is 0 Å². The predicted octanol–water partition coefficient (Wildman–Crippen LogP) is 4.95. The molecule has 0 unspecified atom stereocenters. The van der Waals surface area contributed by atoms with Crippen LogP contribution in [0.25, 0.3) is 6.08 Å². The molecule has 0 saturated carbocycles. The van der Waals surface area contributed by atoms with Gasteiger partial charge in [-0.1, -0.05) is 62.9 Å². The van der Waals surface area contributed by atoms with Crippen molar-refractivity contribution in [2.75, 3.05) is 25.4 Å². The van der Waals surface area contributed by atoms with E-state index in [0.29, 0.717) is 12.3 Å². The Morgan fingerprint density at radius 1 is 1.03 bits per heavy atom. The molecule has 0 aromatic heterocycles. The Morgan fingerprint density at radius 2 is 1.76 bits per heavy atom. The third-order valence-corrected chi connectivity index (χ3v) is 7.61. The second kappa shape index (κ2) is 10.9. The number of carbonyl (C=O) groups excluding carboxylic acids is 2. The number of rotatable bonds is 8. The van der Waals surface area contributed by atoms with E-state index in [9.17, 15) is 9.59 Å². The van der Waals surface area contributed by atoms with Crippen molar-refractivity contribution in [3.05, 3.63) is 42.0 Å².